The molecule has 0 aliphatic heterocycles. The minimum atomic E-state index is -0.668. The Morgan fingerprint density at radius 2 is 2.09 bits per heavy atom. The predicted octanol–water partition coefficient (Wildman–Crippen LogP) is 2.90. The molecule has 0 radical (unpaired) electrons. The minimum Gasteiger partial charge on any atom is -0.394 e. The Balaban J connectivity index is 1.74. The van der Waals surface area contributed by atoms with Crippen LogP contribution in [-0.2, 0) is 0 Å². The van der Waals surface area contributed by atoms with Crippen molar-refractivity contribution in [3.8, 4) is 5.69 Å². The quantitative estimate of drug-likeness (QED) is 0.794. The first-order chi connectivity index (χ1) is 11.0. The van der Waals surface area contributed by atoms with E-state index >= 15 is 0 Å². The van der Waals surface area contributed by atoms with Crippen LogP contribution in [0.4, 0.5) is 14.9 Å². The monoisotopic (exact) mass is 317 g/mol. The Kier molecular flexibility index (Phi) is 4.09. The average Bonchev–Trinajstić information content (AvgIpc) is 3.26. The maximum Gasteiger partial charge on any atom is 0.319 e. The fourth-order valence-corrected chi connectivity index (χ4v) is 2.68. The number of aliphatic hydroxyl groups excluding tert-OH is 1. The van der Waals surface area contributed by atoms with Crippen LogP contribution in [0, 0.1) is 11.7 Å². The SMILES string of the molecule is C[C@@](CO)(NC(=O)Nc1cc(-n2cccc2)ccc1F)C1CC1. The van der Waals surface area contributed by atoms with Crippen LogP contribution in [0.2, 0.25) is 0 Å². The zero-order valence-corrected chi connectivity index (χ0v) is 12.9. The number of carbonyl (C=O) groups excluding carboxylic acids is 1. The second-order valence-corrected chi connectivity index (χ2v) is 6.18. The lowest BCUT2D eigenvalue weighted by Gasteiger charge is -2.28. The fourth-order valence-electron chi connectivity index (χ4n) is 2.68. The van der Waals surface area contributed by atoms with E-state index in [1.165, 1.54) is 6.07 Å². The normalized spacial score (nSPS) is 16.7. The third-order valence-corrected chi connectivity index (χ3v) is 4.31. The number of aromatic nitrogens is 1. The first-order valence-corrected chi connectivity index (χ1v) is 7.65. The Bertz CT molecular complexity index is 698. The van der Waals surface area contributed by atoms with Crippen molar-refractivity contribution in [2.24, 2.45) is 5.92 Å². The van der Waals surface area contributed by atoms with Gasteiger partial charge in [0, 0.05) is 18.1 Å². The number of halogens is 1. The fraction of sp³-hybridized carbons (Fsp3) is 0.353. The molecule has 122 valence electrons. The summed E-state index contributed by atoms with van der Waals surface area (Å²) in [6.45, 7) is 1.66. The smallest absolute Gasteiger partial charge is 0.319 e. The summed E-state index contributed by atoms with van der Waals surface area (Å²) in [5.41, 5.74) is 0.182. The molecule has 2 aromatic rings. The Morgan fingerprint density at radius 1 is 1.39 bits per heavy atom. The summed E-state index contributed by atoms with van der Waals surface area (Å²) in [6.07, 6.45) is 5.64. The molecule has 0 unspecified atom stereocenters. The van der Waals surface area contributed by atoms with Gasteiger partial charge in [-0.25, -0.2) is 9.18 Å². The Hall–Kier alpha value is -2.34. The van der Waals surface area contributed by atoms with E-state index in [-0.39, 0.29) is 18.2 Å². The second kappa shape index (κ2) is 6.04. The van der Waals surface area contributed by atoms with Crippen molar-refractivity contribution in [1.29, 1.82) is 0 Å². The van der Waals surface area contributed by atoms with Crippen molar-refractivity contribution in [2.45, 2.75) is 25.3 Å². The van der Waals surface area contributed by atoms with Gasteiger partial charge in [0.25, 0.3) is 0 Å². The molecule has 1 fully saturated rings. The van der Waals surface area contributed by atoms with Crippen LogP contribution in [0.1, 0.15) is 19.8 Å². The number of anilines is 1. The highest BCUT2D eigenvalue weighted by atomic mass is 19.1. The highest BCUT2D eigenvalue weighted by Gasteiger charge is 2.42. The van der Waals surface area contributed by atoms with E-state index in [2.05, 4.69) is 10.6 Å². The van der Waals surface area contributed by atoms with E-state index in [4.69, 9.17) is 0 Å². The molecule has 1 saturated carbocycles. The van der Waals surface area contributed by atoms with Gasteiger partial charge in [-0.1, -0.05) is 0 Å². The third kappa shape index (κ3) is 3.37. The predicted molar refractivity (Wildman–Crippen MR) is 86.1 cm³/mol. The molecule has 1 heterocycles. The number of aliphatic hydroxyl groups is 1. The molecule has 0 saturated heterocycles. The molecule has 1 atom stereocenters. The molecular formula is C17H20FN3O2. The lowest BCUT2D eigenvalue weighted by Crippen LogP contribution is -2.52. The van der Waals surface area contributed by atoms with E-state index < -0.39 is 17.4 Å². The molecule has 3 N–H and O–H groups in total. The second-order valence-electron chi connectivity index (χ2n) is 6.18. The van der Waals surface area contributed by atoms with E-state index in [1.807, 2.05) is 29.1 Å². The van der Waals surface area contributed by atoms with Crippen molar-refractivity contribution in [3.05, 3.63) is 48.5 Å². The number of rotatable bonds is 5. The largest absolute Gasteiger partial charge is 0.394 e. The molecule has 0 bridgehead atoms. The van der Waals surface area contributed by atoms with Gasteiger partial charge in [0.15, 0.2) is 0 Å². The molecule has 6 heteroatoms. The van der Waals surface area contributed by atoms with Crippen LogP contribution in [0.15, 0.2) is 42.7 Å². The number of nitrogens with one attached hydrogen (secondary N) is 2. The lowest BCUT2D eigenvalue weighted by atomic mass is 9.97. The van der Waals surface area contributed by atoms with Gasteiger partial charge in [-0.2, -0.15) is 0 Å². The molecule has 2 amide bonds. The van der Waals surface area contributed by atoms with E-state index in [1.54, 1.807) is 19.1 Å². The van der Waals surface area contributed by atoms with Crippen LogP contribution in [-0.4, -0.2) is 27.9 Å². The van der Waals surface area contributed by atoms with Crippen molar-refractivity contribution in [2.75, 3.05) is 11.9 Å². The number of hydrogen-bond donors (Lipinski definition) is 3. The summed E-state index contributed by atoms with van der Waals surface area (Å²) in [5.74, 6) is -0.234. The van der Waals surface area contributed by atoms with Crippen LogP contribution >= 0.6 is 0 Å². The number of urea groups is 1. The summed E-state index contributed by atoms with van der Waals surface area (Å²) in [5, 5.41) is 14.8. The number of amides is 2. The van der Waals surface area contributed by atoms with Gasteiger partial charge >= 0.3 is 6.03 Å². The summed E-state index contributed by atoms with van der Waals surface area (Å²) >= 11 is 0. The highest BCUT2D eigenvalue weighted by molar-refractivity contribution is 5.90. The van der Waals surface area contributed by atoms with Crippen LogP contribution in [0.3, 0.4) is 0 Å². The van der Waals surface area contributed by atoms with Gasteiger partial charge in [0.2, 0.25) is 0 Å². The summed E-state index contributed by atoms with van der Waals surface area (Å²) < 4.78 is 15.8. The average molecular weight is 317 g/mol. The molecule has 1 aliphatic carbocycles. The number of nitrogens with zero attached hydrogens (tertiary/aromatic N) is 1. The van der Waals surface area contributed by atoms with Crippen LogP contribution < -0.4 is 10.6 Å². The van der Waals surface area contributed by atoms with E-state index in [9.17, 15) is 14.3 Å². The summed E-state index contributed by atoms with van der Waals surface area (Å²) in [4.78, 5) is 12.2. The molecule has 1 aromatic carbocycles. The summed E-state index contributed by atoms with van der Waals surface area (Å²) in [7, 11) is 0. The maximum absolute atomic E-state index is 14.0. The highest BCUT2D eigenvalue weighted by Crippen LogP contribution is 2.39. The molecular weight excluding hydrogens is 297 g/mol. The van der Waals surface area contributed by atoms with E-state index in [0.717, 1.165) is 18.5 Å². The Morgan fingerprint density at radius 3 is 2.70 bits per heavy atom. The molecule has 1 aliphatic rings. The maximum atomic E-state index is 14.0. The number of hydrogen-bond acceptors (Lipinski definition) is 2. The van der Waals surface area contributed by atoms with Crippen molar-refractivity contribution < 1.29 is 14.3 Å². The Labute approximate surface area is 134 Å². The van der Waals surface area contributed by atoms with Crippen molar-refractivity contribution in [1.82, 2.24) is 9.88 Å². The zero-order valence-electron chi connectivity index (χ0n) is 12.9. The van der Waals surface area contributed by atoms with Gasteiger partial charge in [-0.15, -0.1) is 0 Å². The topological polar surface area (TPSA) is 66.3 Å². The zero-order chi connectivity index (χ0) is 16.4. The van der Waals surface area contributed by atoms with Crippen LogP contribution in [0.25, 0.3) is 5.69 Å². The first kappa shape index (κ1) is 15.6. The van der Waals surface area contributed by atoms with Crippen molar-refractivity contribution in [3.63, 3.8) is 0 Å². The molecule has 3 rings (SSSR count). The van der Waals surface area contributed by atoms with Crippen LogP contribution in [0.5, 0.6) is 0 Å². The lowest BCUT2D eigenvalue weighted by molar-refractivity contribution is 0.159. The third-order valence-electron chi connectivity index (χ3n) is 4.31. The van der Waals surface area contributed by atoms with Gasteiger partial charge in [0.1, 0.15) is 5.82 Å². The van der Waals surface area contributed by atoms with Crippen molar-refractivity contribution >= 4 is 11.7 Å². The molecule has 23 heavy (non-hydrogen) atoms. The standard InChI is InChI=1S/C17H20FN3O2/c1-17(11-22,12-4-5-12)20-16(23)19-15-10-13(6-7-14(15)18)21-8-2-3-9-21/h2-3,6-10,12,22H,4-5,11H2,1H3,(H2,19,20,23)/t17-/m0/s1. The van der Waals surface area contributed by atoms with Gasteiger partial charge in [-0.3, -0.25) is 0 Å². The van der Waals surface area contributed by atoms with Gasteiger partial charge < -0.3 is 20.3 Å². The molecule has 0 spiro atoms. The van der Waals surface area contributed by atoms with Gasteiger partial charge in [0.05, 0.1) is 17.8 Å². The number of benzene rings is 1. The molecule has 1 aromatic heterocycles. The summed E-state index contributed by atoms with van der Waals surface area (Å²) in [6, 6.07) is 7.74. The van der Waals surface area contributed by atoms with Gasteiger partial charge in [-0.05, 0) is 56.0 Å². The minimum absolute atomic E-state index is 0.102. The number of carbonyl (C=O) groups is 1. The van der Waals surface area contributed by atoms with E-state index in [0.29, 0.717) is 0 Å². The first-order valence-electron chi connectivity index (χ1n) is 7.65. The molecule has 5 nitrogen and oxygen atoms in total.